The summed E-state index contributed by atoms with van der Waals surface area (Å²) in [6, 6.07) is 0. The van der Waals surface area contributed by atoms with Crippen LogP contribution in [0.4, 0.5) is 0 Å². The molecule has 11 heavy (non-hydrogen) atoms. The van der Waals surface area contributed by atoms with Gasteiger partial charge in [-0.2, -0.15) is 0 Å². The van der Waals surface area contributed by atoms with Gasteiger partial charge in [0.25, 0.3) is 0 Å². The number of hydrogen-bond acceptors (Lipinski definition) is 2. The summed E-state index contributed by atoms with van der Waals surface area (Å²) in [5, 5.41) is 9.07. The van der Waals surface area contributed by atoms with Crippen LogP contribution in [-0.4, -0.2) is 24.4 Å². The Labute approximate surface area is 69.6 Å². The molecule has 0 amide bonds. The van der Waals surface area contributed by atoms with Gasteiger partial charge in [-0.25, -0.2) is 0 Å². The van der Waals surface area contributed by atoms with Crippen molar-refractivity contribution in [3.05, 3.63) is 0 Å². The maximum atomic E-state index is 9.07. The van der Waals surface area contributed by atoms with Crippen molar-refractivity contribution in [2.24, 2.45) is 0 Å². The van der Waals surface area contributed by atoms with Gasteiger partial charge >= 0.3 is 0 Å². The van der Waals surface area contributed by atoms with Crippen molar-refractivity contribution in [1.82, 2.24) is 0 Å². The van der Waals surface area contributed by atoms with Crippen LogP contribution in [0.25, 0.3) is 0 Å². The van der Waals surface area contributed by atoms with Crippen molar-refractivity contribution in [3.8, 4) is 0 Å². The highest BCUT2D eigenvalue weighted by Crippen LogP contribution is 2.09. The summed E-state index contributed by atoms with van der Waals surface area (Å²) in [5.41, 5.74) is 0. The van der Waals surface area contributed by atoms with Crippen LogP contribution in [0.3, 0.4) is 0 Å². The molecular formula is C9H20O2. The van der Waals surface area contributed by atoms with Crippen molar-refractivity contribution in [2.45, 2.75) is 51.7 Å². The minimum Gasteiger partial charge on any atom is -0.393 e. The molecule has 0 aromatic heterocycles. The number of hydrogen-bond donors (Lipinski definition) is 1. The van der Waals surface area contributed by atoms with E-state index in [0.717, 1.165) is 12.8 Å². The second kappa shape index (κ2) is 6.62. The quantitative estimate of drug-likeness (QED) is 0.643. The minimum atomic E-state index is -0.239. The summed E-state index contributed by atoms with van der Waals surface area (Å²) in [6.45, 7) is 3.97. The highest BCUT2D eigenvalue weighted by atomic mass is 16.5. The zero-order valence-electron chi connectivity index (χ0n) is 7.84. The Kier molecular flexibility index (Phi) is 6.57. The van der Waals surface area contributed by atoms with Crippen LogP contribution >= 0.6 is 0 Å². The van der Waals surface area contributed by atoms with E-state index in [1.54, 1.807) is 14.0 Å². The highest BCUT2D eigenvalue weighted by Gasteiger charge is 2.09. The first-order valence-electron chi connectivity index (χ1n) is 4.41. The molecule has 2 heteroatoms. The summed E-state index contributed by atoms with van der Waals surface area (Å²) in [4.78, 5) is 0. The van der Waals surface area contributed by atoms with Gasteiger partial charge < -0.3 is 9.84 Å². The fourth-order valence-corrected chi connectivity index (χ4v) is 1.14. The normalized spacial score (nSPS) is 16.4. The molecule has 0 aliphatic heterocycles. The Bertz CT molecular complexity index is 81.6. The maximum Gasteiger partial charge on any atom is 0.0595 e. The number of unbranched alkanes of at least 4 members (excludes halogenated alkanes) is 1. The largest absolute Gasteiger partial charge is 0.393 e. The number of methoxy groups -OCH3 is 1. The van der Waals surface area contributed by atoms with Gasteiger partial charge in [-0.1, -0.05) is 19.8 Å². The molecule has 0 aliphatic carbocycles. The van der Waals surface area contributed by atoms with Crippen LogP contribution in [0.2, 0.25) is 0 Å². The summed E-state index contributed by atoms with van der Waals surface area (Å²) in [7, 11) is 1.71. The Hall–Kier alpha value is -0.0800. The van der Waals surface area contributed by atoms with Gasteiger partial charge in [0.05, 0.1) is 12.2 Å². The second-order valence-electron chi connectivity index (χ2n) is 3.08. The molecule has 0 saturated carbocycles. The lowest BCUT2D eigenvalue weighted by Crippen LogP contribution is -2.17. The topological polar surface area (TPSA) is 29.5 Å². The summed E-state index contributed by atoms with van der Waals surface area (Å²) in [5.74, 6) is 0. The molecular weight excluding hydrogens is 140 g/mol. The molecule has 0 fully saturated rings. The van der Waals surface area contributed by atoms with E-state index in [1.807, 2.05) is 0 Å². The fraction of sp³-hybridized carbons (Fsp3) is 1.00. The van der Waals surface area contributed by atoms with Crippen molar-refractivity contribution >= 4 is 0 Å². The Morgan fingerprint density at radius 3 is 2.45 bits per heavy atom. The van der Waals surface area contributed by atoms with E-state index in [4.69, 9.17) is 9.84 Å². The molecule has 2 atom stereocenters. The van der Waals surface area contributed by atoms with Crippen molar-refractivity contribution in [2.75, 3.05) is 7.11 Å². The van der Waals surface area contributed by atoms with Gasteiger partial charge in [0.1, 0.15) is 0 Å². The maximum absolute atomic E-state index is 9.07. The molecule has 68 valence electrons. The first-order valence-corrected chi connectivity index (χ1v) is 4.41. The van der Waals surface area contributed by atoms with E-state index in [2.05, 4.69) is 6.92 Å². The van der Waals surface area contributed by atoms with E-state index in [1.165, 1.54) is 12.8 Å². The van der Waals surface area contributed by atoms with Gasteiger partial charge in [-0.15, -0.1) is 0 Å². The third kappa shape index (κ3) is 6.32. The smallest absolute Gasteiger partial charge is 0.0595 e. The highest BCUT2D eigenvalue weighted by molar-refractivity contribution is 4.60. The van der Waals surface area contributed by atoms with Crippen LogP contribution in [-0.2, 0) is 4.74 Å². The van der Waals surface area contributed by atoms with Gasteiger partial charge in [0.2, 0.25) is 0 Å². The molecule has 0 saturated heterocycles. The molecule has 0 rings (SSSR count). The summed E-state index contributed by atoms with van der Waals surface area (Å²) < 4.78 is 5.20. The first-order chi connectivity index (χ1) is 5.20. The second-order valence-corrected chi connectivity index (χ2v) is 3.08. The molecule has 0 aromatic rings. The fourth-order valence-electron chi connectivity index (χ4n) is 1.14. The molecule has 0 aliphatic rings. The summed E-state index contributed by atoms with van der Waals surface area (Å²) >= 11 is 0. The van der Waals surface area contributed by atoms with E-state index >= 15 is 0 Å². The van der Waals surface area contributed by atoms with Gasteiger partial charge in [0.15, 0.2) is 0 Å². The van der Waals surface area contributed by atoms with Crippen molar-refractivity contribution < 1.29 is 9.84 Å². The van der Waals surface area contributed by atoms with Crippen LogP contribution in [0, 0.1) is 0 Å². The van der Waals surface area contributed by atoms with E-state index < -0.39 is 0 Å². The molecule has 0 spiro atoms. The third-order valence-electron chi connectivity index (χ3n) is 1.82. The number of rotatable bonds is 6. The van der Waals surface area contributed by atoms with Crippen molar-refractivity contribution in [1.29, 1.82) is 0 Å². The van der Waals surface area contributed by atoms with Gasteiger partial charge in [-0.3, -0.25) is 0 Å². The third-order valence-corrected chi connectivity index (χ3v) is 1.82. The first kappa shape index (κ1) is 10.9. The lowest BCUT2D eigenvalue weighted by molar-refractivity contribution is 0.0451. The average Bonchev–Trinajstić information content (AvgIpc) is 1.97. The molecule has 0 aromatic carbocycles. The minimum absolute atomic E-state index is 0.239. The Morgan fingerprint density at radius 2 is 2.09 bits per heavy atom. The predicted molar refractivity (Wildman–Crippen MR) is 46.6 cm³/mol. The lowest BCUT2D eigenvalue weighted by atomic mass is 10.1. The number of aliphatic hydroxyl groups is 1. The monoisotopic (exact) mass is 160 g/mol. The number of aliphatic hydroxyl groups excluding tert-OH is 1. The van der Waals surface area contributed by atoms with Crippen LogP contribution < -0.4 is 0 Å². The Balaban J connectivity index is 3.41. The molecule has 2 unspecified atom stereocenters. The van der Waals surface area contributed by atoms with Crippen LogP contribution in [0.15, 0.2) is 0 Å². The lowest BCUT2D eigenvalue weighted by Gasteiger charge is -2.15. The SMILES string of the molecule is CCCCC(CC(C)O)OC. The molecule has 0 radical (unpaired) electrons. The van der Waals surface area contributed by atoms with E-state index in [0.29, 0.717) is 0 Å². The molecule has 0 heterocycles. The zero-order chi connectivity index (χ0) is 8.69. The van der Waals surface area contributed by atoms with Gasteiger partial charge in [0, 0.05) is 7.11 Å². The number of ether oxygens (including phenoxy) is 1. The average molecular weight is 160 g/mol. The molecule has 0 bridgehead atoms. The van der Waals surface area contributed by atoms with Crippen LogP contribution in [0.1, 0.15) is 39.5 Å². The van der Waals surface area contributed by atoms with Crippen LogP contribution in [0.5, 0.6) is 0 Å². The van der Waals surface area contributed by atoms with Gasteiger partial charge in [-0.05, 0) is 19.8 Å². The summed E-state index contributed by atoms with van der Waals surface area (Å²) in [6.07, 6.45) is 4.21. The predicted octanol–water partition coefficient (Wildman–Crippen LogP) is 1.96. The van der Waals surface area contributed by atoms with E-state index in [9.17, 15) is 0 Å². The standard InChI is InChI=1S/C9H20O2/c1-4-5-6-9(11-3)7-8(2)10/h8-10H,4-7H2,1-3H3. The molecule has 2 nitrogen and oxygen atoms in total. The molecule has 1 N–H and O–H groups in total. The van der Waals surface area contributed by atoms with E-state index in [-0.39, 0.29) is 12.2 Å². The van der Waals surface area contributed by atoms with Crippen molar-refractivity contribution in [3.63, 3.8) is 0 Å². The Morgan fingerprint density at radius 1 is 1.45 bits per heavy atom. The zero-order valence-corrected chi connectivity index (χ0v) is 7.84.